The van der Waals surface area contributed by atoms with Crippen LogP contribution in [0.3, 0.4) is 0 Å². The van der Waals surface area contributed by atoms with Crippen molar-refractivity contribution in [1.82, 2.24) is 15.3 Å². The van der Waals surface area contributed by atoms with E-state index in [-0.39, 0.29) is 11.8 Å². The van der Waals surface area contributed by atoms with Crippen LogP contribution in [0.25, 0.3) is 0 Å². The van der Waals surface area contributed by atoms with Crippen LogP contribution < -0.4 is 15.0 Å². The van der Waals surface area contributed by atoms with Crippen LogP contribution in [-0.4, -0.2) is 42.1 Å². The summed E-state index contributed by atoms with van der Waals surface area (Å²) in [5.74, 6) is 1.84. The maximum absolute atomic E-state index is 12.4. The third-order valence-corrected chi connectivity index (χ3v) is 4.54. The highest BCUT2D eigenvalue weighted by Crippen LogP contribution is 2.21. The van der Waals surface area contributed by atoms with Crippen LogP contribution in [0.1, 0.15) is 24.8 Å². The maximum atomic E-state index is 12.4. The molecule has 3 rings (SSSR count). The minimum absolute atomic E-state index is 0.00319. The fourth-order valence-electron chi connectivity index (χ4n) is 3.18. The number of hydrogen-bond acceptors (Lipinski definition) is 5. The predicted octanol–water partition coefficient (Wildman–Crippen LogP) is 2.59. The van der Waals surface area contributed by atoms with Crippen molar-refractivity contribution in [2.24, 2.45) is 5.92 Å². The van der Waals surface area contributed by atoms with Crippen LogP contribution in [0.15, 0.2) is 42.9 Å². The van der Waals surface area contributed by atoms with Crippen molar-refractivity contribution in [3.63, 3.8) is 0 Å². The maximum Gasteiger partial charge on any atom is 0.224 e. The number of rotatable bonds is 7. The van der Waals surface area contributed by atoms with E-state index in [0.717, 1.165) is 37.4 Å². The second-order valence-electron chi connectivity index (χ2n) is 6.66. The van der Waals surface area contributed by atoms with Gasteiger partial charge in [-0.3, -0.25) is 9.78 Å². The van der Waals surface area contributed by atoms with Crippen molar-refractivity contribution >= 4 is 11.7 Å². The summed E-state index contributed by atoms with van der Waals surface area (Å²) in [5.41, 5.74) is 1.18. The Hall–Kier alpha value is -2.63. The van der Waals surface area contributed by atoms with Gasteiger partial charge in [-0.25, -0.2) is 4.98 Å². The van der Waals surface area contributed by atoms with E-state index in [9.17, 15) is 4.79 Å². The molecule has 0 radical (unpaired) electrons. The first-order valence-corrected chi connectivity index (χ1v) is 9.20. The van der Waals surface area contributed by atoms with Crippen molar-refractivity contribution in [2.75, 3.05) is 31.1 Å². The Labute approximate surface area is 154 Å². The molecule has 1 amide bonds. The summed E-state index contributed by atoms with van der Waals surface area (Å²) in [5, 5.41) is 3.04. The fraction of sp³-hybridized carbons (Fsp3) is 0.450. The second kappa shape index (κ2) is 9.17. The summed E-state index contributed by atoms with van der Waals surface area (Å²) in [4.78, 5) is 23.0. The zero-order valence-corrected chi connectivity index (χ0v) is 15.2. The van der Waals surface area contributed by atoms with E-state index in [0.29, 0.717) is 19.7 Å². The number of ether oxygens (including phenoxy) is 1. The molecule has 1 fully saturated rings. The molecule has 26 heavy (non-hydrogen) atoms. The monoisotopic (exact) mass is 354 g/mol. The lowest BCUT2D eigenvalue weighted by atomic mass is 9.97. The average Bonchev–Trinajstić information content (AvgIpc) is 2.68. The van der Waals surface area contributed by atoms with Crippen LogP contribution in [0.5, 0.6) is 5.75 Å². The van der Waals surface area contributed by atoms with Crippen LogP contribution in [0, 0.1) is 12.8 Å². The fourth-order valence-corrected chi connectivity index (χ4v) is 3.18. The number of hydrogen-bond donors (Lipinski definition) is 1. The number of benzene rings is 1. The van der Waals surface area contributed by atoms with Gasteiger partial charge in [0.15, 0.2) is 0 Å². The Kier molecular flexibility index (Phi) is 6.41. The first-order valence-electron chi connectivity index (χ1n) is 9.20. The molecule has 1 aromatic heterocycles. The smallest absolute Gasteiger partial charge is 0.224 e. The van der Waals surface area contributed by atoms with E-state index in [1.165, 1.54) is 5.56 Å². The first-order chi connectivity index (χ1) is 12.7. The van der Waals surface area contributed by atoms with E-state index >= 15 is 0 Å². The highest BCUT2D eigenvalue weighted by molar-refractivity contribution is 5.79. The lowest BCUT2D eigenvalue weighted by Gasteiger charge is -2.32. The van der Waals surface area contributed by atoms with Crippen molar-refractivity contribution in [3.8, 4) is 5.75 Å². The number of piperidine rings is 1. The molecule has 6 heteroatoms. The normalized spacial score (nSPS) is 17.0. The first kappa shape index (κ1) is 18.2. The number of amides is 1. The number of carbonyl (C=O) groups excluding carboxylic acids is 1. The van der Waals surface area contributed by atoms with Gasteiger partial charge in [-0.05, 0) is 43.9 Å². The Morgan fingerprint density at radius 1 is 1.38 bits per heavy atom. The molecule has 1 aliphatic heterocycles. The van der Waals surface area contributed by atoms with Gasteiger partial charge in [0.25, 0.3) is 0 Å². The quantitative estimate of drug-likeness (QED) is 0.774. The molecule has 1 aromatic carbocycles. The Balaban J connectivity index is 1.38. The molecule has 1 aliphatic rings. The number of nitrogens with zero attached hydrogens (tertiary/aromatic N) is 3. The van der Waals surface area contributed by atoms with Crippen molar-refractivity contribution in [1.29, 1.82) is 0 Å². The minimum Gasteiger partial charge on any atom is -0.494 e. The summed E-state index contributed by atoms with van der Waals surface area (Å²) >= 11 is 0. The molecule has 1 saturated heterocycles. The molecule has 6 nitrogen and oxygen atoms in total. The number of carbonyl (C=O) groups is 1. The Morgan fingerprint density at radius 3 is 3.12 bits per heavy atom. The molecule has 1 unspecified atom stereocenters. The molecule has 0 aliphatic carbocycles. The minimum atomic E-state index is 0.00319. The molecular formula is C20H26N4O2. The second-order valence-corrected chi connectivity index (χ2v) is 6.66. The Morgan fingerprint density at radius 2 is 2.31 bits per heavy atom. The lowest BCUT2D eigenvalue weighted by Crippen LogP contribution is -2.43. The molecule has 0 bridgehead atoms. The molecular weight excluding hydrogens is 328 g/mol. The summed E-state index contributed by atoms with van der Waals surface area (Å²) in [7, 11) is 0. The van der Waals surface area contributed by atoms with Crippen molar-refractivity contribution < 1.29 is 9.53 Å². The van der Waals surface area contributed by atoms with E-state index < -0.39 is 0 Å². The third-order valence-electron chi connectivity index (χ3n) is 4.54. The summed E-state index contributed by atoms with van der Waals surface area (Å²) < 4.78 is 5.71. The summed E-state index contributed by atoms with van der Waals surface area (Å²) in [6.07, 6.45) is 7.81. The highest BCUT2D eigenvalue weighted by atomic mass is 16.5. The van der Waals surface area contributed by atoms with E-state index in [1.807, 2.05) is 31.2 Å². The highest BCUT2D eigenvalue weighted by Gasteiger charge is 2.26. The SMILES string of the molecule is Cc1cccc(OCCCNC(=O)C2CCCN(c3cnccn3)C2)c1. The molecule has 138 valence electrons. The zero-order chi connectivity index (χ0) is 18.2. The predicted molar refractivity (Wildman–Crippen MR) is 101 cm³/mol. The van der Waals surface area contributed by atoms with Gasteiger partial charge >= 0.3 is 0 Å². The van der Waals surface area contributed by atoms with Crippen molar-refractivity contribution in [2.45, 2.75) is 26.2 Å². The largest absolute Gasteiger partial charge is 0.494 e. The lowest BCUT2D eigenvalue weighted by molar-refractivity contribution is -0.125. The standard InChI is InChI=1S/C20H26N4O2/c1-16-5-2-7-18(13-16)26-12-4-8-23-20(25)17-6-3-11-24(15-17)19-14-21-9-10-22-19/h2,5,7,9-10,13-14,17H,3-4,6,8,11-12,15H2,1H3,(H,23,25). The van der Waals surface area contributed by atoms with Gasteiger partial charge in [0, 0.05) is 32.0 Å². The Bertz CT molecular complexity index is 708. The average molecular weight is 354 g/mol. The van der Waals surface area contributed by atoms with Crippen LogP contribution in [0.4, 0.5) is 5.82 Å². The van der Waals surface area contributed by atoms with E-state index in [4.69, 9.17) is 4.74 Å². The van der Waals surface area contributed by atoms with Crippen LogP contribution in [0.2, 0.25) is 0 Å². The third kappa shape index (κ3) is 5.18. The number of aryl methyl sites for hydroxylation is 1. The van der Waals surface area contributed by atoms with Gasteiger partial charge in [-0.2, -0.15) is 0 Å². The molecule has 0 spiro atoms. The van der Waals surface area contributed by atoms with Crippen LogP contribution >= 0.6 is 0 Å². The van der Waals surface area contributed by atoms with Gasteiger partial charge in [-0.1, -0.05) is 12.1 Å². The molecule has 1 atom stereocenters. The molecule has 1 N–H and O–H groups in total. The molecule has 2 heterocycles. The topological polar surface area (TPSA) is 67.3 Å². The summed E-state index contributed by atoms with van der Waals surface area (Å²) in [6.45, 7) is 4.89. The van der Waals surface area contributed by atoms with Crippen LogP contribution in [-0.2, 0) is 4.79 Å². The van der Waals surface area contributed by atoms with E-state index in [1.54, 1.807) is 18.6 Å². The number of aromatic nitrogens is 2. The van der Waals surface area contributed by atoms with Gasteiger partial charge in [0.1, 0.15) is 11.6 Å². The van der Waals surface area contributed by atoms with Gasteiger partial charge in [0.05, 0.1) is 18.7 Å². The zero-order valence-electron chi connectivity index (χ0n) is 15.2. The van der Waals surface area contributed by atoms with Gasteiger partial charge < -0.3 is 15.0 Å². The number of anilines is 1. The van der Waals surface area contributed by atoms with E-state index in [2.05, 4.69) is 20.2 Å². The summed E-state index contributed by atoms with van der Waals surface area (Å²) in [6, 6.07) is 8.00. The van der Waals surface area contributed by atoms with Gasteiger partial charge in [-0.15, -0.1) is 0 Å². The molecule has 2 aromatic rings. The van der Waals surface area contributed by atoms with Gasteiger partial charge in [0.2, 0.25) is 5.91 Å². The molecule has 0 saturated carbocycles. The van der Waals surface area contributed by atoms with Crippen molar-refractivity contribution in [3.05, 3.63) is 48.4 Å². The number of nitrogens with one attached hydrogen (secondary N) is 1.